The van der Waals surface area contributed by atoms with Gasteiger partial charge in [-0.2, -0.15) is 0 Å². The first kappa shape index (κ1) is 25.1. The molecule has 0 bridgehead atoms. The van der Waals surface area contributed by atoms with Crippen LogP contribution in [0, 0.1) is 11.7 Å². The first-order chi connectivity index (χ1) is 14.9. The Bertz CT molecular complexity index is 941. The van der Waals surface area contributed by atoms with Crippen molar-refractivity contribution in [3.63, 3.8) is 0 Å². The van der Waals surface area contributed by atoms with Crippen molar-refractivity contribution in [3.05, 3.63) is 42.3 Å². The molecule has 0 aliphatic heterocycles. The van der Waals surface area contributed by atoms with Crippen LogP contribution in [0.5, 0.6) is 5.75 Å². The van der Waals surface area contributed by atoms with Gasteiger partial charge < -0.3 is 20.1 Å². The summed E-state index contributed by atoms with van der Waals surface area (Å²) in [5.74, 6) is 0.0156. The van der Waals surface area contributed by atoms with Crippen LogP contribution in [0.3, 0.4) is 0 Å². The van der Waals surface area contributed by atoms with Gasteiger partial charge in [0.2, 0.25) is 5.91 Å². The molecule has 0 saturated carbocycles. The Morgan fingerprint density at radius 2 is 1.81 bits per heavy atom. The quantitative estimate of drug-likeness (QED) is 0.586. The molecule has 32 heavy (non-hydrogen) atoms. The Kier molecular flexibility index (Phi) is 8.57. The number of pyridine rings is 1. The second-order valence-corrected chi connectivity index (χ2v) is 9.04. The molecule has 0 fully saturated rings. The zero-order valence-electron chi connectivity index (χ0n) is 19.5. The van der Waals surface area contributed by atoms with E-state index in [1.165, 1.54) is 13.0 Å². The molecule has 1 aromatic heterocycles. The molecule has 2 rings (SSSR count). The van der Waals surface area contributed by atoms with E-state index < -0.39 is 17.5 Å². The van der Waals surface area contributed by atoms with Crippen LogP contribution in [0.4, 0.5) is 15.0 Å². The van der Waals surface area contributed by atoms with Gasteiger partial charge in [0.1, 0.15) is 18.0 Å². The van der Waals surface area contributed by atoms with Crippen LogP contribution in [0.15, 0.2) is 36.5 Å². The molecule has 1 unspecified atom stereocenters. The van der Waals surface area contributed by atoms with Crippen LogP contribution in [-0.4, -0.2) is 35.2 Å². The van der Waals surface area contributed by atoms with Crippen molar-refractivity contribution in [2.24, 2.45) is 5.92 Å². The maximum absolute atomic E-state index is 14.7. The van der Waals surface area contributed by atoms with Crippen molar-refractivity contribution < 1.29 is 23.5 Å². The summed E-state index contributed by atoms with van der Waals surface area (Å²) in [6.45, 7) is 10.9. The largest absolute Gasteiger partial charge is 0.488 e. The third kappa shape index (κ3) is 8.53. The lowest BCUT2D eigenvalue weighted by Crippen LogP contribution is -2.42. The summed E-state index contributed by atoms with van der Waals surface area (Å²) in [5.41, 5.74) is 0.718. The van der Waals surface area contributed by atoms with Crippen LogP contribution in [-0.2, 0) is 9.53 Å². The van der Waals surface area contributed by atoms with Gasteiger partial charge in [0.05, 0.1) is 6.04 Å². The Balaban J connectivity index is 2.08. The van der Waals surface area contributed by atoms with Gasteiger partial charge in [0.25, 0.3) is 0 Å². The number of carbonyl (C=O) groups is 2. The Hall–Kier alpha value is -3.16. The van der Waals surface area contributed by atoms with Crippen LogP contribution >= 0.6 is 0 Å². The number of hydrogen-bond acceptors (Lipinski definition) is 5. The van der Waals surface area contributed by atoms with Gasteiger partial charge in [-0.1, -0.05) is 19.9 Å². The molecule has 0 radical (unpaired) electrons. The zero-order valence-corrected chi connectivity index (χ0v) is 19.5. The summed E-state index contributed by atoms with van der Waals surface area (Å²) in [6.07, 6.45) is 1.67. The number of anilines is 1. The lowest BCUT2D eigenvalue weighted by molar-refractivity contribution is -0.114. The SMILES string of the molecule is CC(=O)Nc1cc(-c2ccc(OCC(CC(C)C)NC(=O)OC(C)(C)C)c(F)c2)ccn1. The molecular weight excluding hydrogens is 413 g/mol. The third-order valence-corrected chi connectivity index (χ3v) is 4.25. The van der Waals surface area contributed by atoms with Gasteiger partial charge in [-0.3, -0.25) is 4.79 Å². The minimum Gasteiger partial charge on any atom is -0.488 e. The predicted octanol–water partition coefficient (Wildman–Crippen LogP) is 5.16. The Morgan fingerprint density at radius 1 is 1.12 bits per heavy atom. The summed E-state index contributed by atoms with van der Waals surface area (Å²) in [7, 11) is 0. The number of ether oxygens (including phenoxy) is 2. The smallest absolute Gasteiger partial charge is 0.407 e. The third-order valence-electron chi connectivity index (χ3n) is 4.25. The zero-order chi connectivity index (χ0) is 23.9. The van der Waals surface area contributed by atoms with Crippen LogP contribution in [0.1, 0.15) is 48.0 Å². The topological polar surface area (TPSA) is 89.6 Å². The van der Waals surface area contributed by atoms with Gasteiger partial charge in [-0.05, 0) is 68.5 Å². The van der Waals surface area contributed by atoms with Gasteiger partial charge in [0, 0.05) is 13.1 Å². The summed E-state index contributed by atoms with van der Waals surface area (Å²) >= 11 is 0. The van der Waals surface area contributed by atoms with Crippen LogP contribution in [0.25, 0.3) is 11.1 Å². The van der Waals surface area contributed by atoms with E-state index in [1.807, 2.05) is 13.8 Å². The number of nitrogens with one attached hydrogen (secondary N) is 2. The first-order valence-electron chi connectivity index (χ1n) is 10.6. The average Bonchev–Trinajstić information content (AvgIpc) is 2.64. The van der Waals surface area contributed by atoms with Crippen molar-refractivity contribution >= 4 is 17.8 Å². The van der Waals surface area contributed by atoms with E-state index in [4.69, 9.17) is 9.47 Å². The number of benzene rings is 1. The molecule has 0 aliphatic rings. The van der Waals surface area contributed by atoms with Crippen molar-refractivity contribution in [1.29, 1.82) is 0 Å². The molecule has 1 heterocycles. The van der Waals surface area contributed by atoms with E-state index in [0.717, 1.165) is 0 Å². The summed E-state index contributed by atoms with van der Waals surface area (Å²) in [6, 6.07) is 7.70. The van der Waals surface area contributed by atoms with Gasteiger partial charge in [0.15, 0.2) is 11.6 Å². The van der Waals surface area contributed by atoms with Crippen LogP contribution in [0.2, 0.25) is 0 Å². The van der Waals surface area contributed by atoms with E-state index in [2.05, 4.69) is 15.6 Å². The lowest BCUT2D eigenvalue weighted by atomic mass is 10.0. The average molecular weight is 446 g/mol. The van der Waals surface area contributed by atoms with Crippen molar-refractivity contribution in [2.75, 3.05) is 11.9 Å². The number of halogens is 1. The van der Waals surface area contributed by atoms with Gasteiger partial charge in [-0.15, -0.1) is 0 Å². The molecule has 0 spiro atoms. The Labute approximate surface area is 188 Å². The predicted molar refractivity (Wildman–Crippen MR) is 122 cm³/mol. The van der Waals surface area contributed by atoms with Gasteiger partial charge >= 0.3 is 6.09 Å². The molecule has 8 heteroatoms. The highest BCUT2D eigenvalue weighted by Crippen LogP contribution is 2.27. The number of alkyl carbamates (subject to hydrolysis) is 1. The fraction of sp³-hybridized carbons (Fsp3) is 0.458. The van der Waals surface area contributed by atoms with Gasteiger partial charge in [-0.25, -0.2) is 14.2 Å². The molecule has 2 aromatic rings. The normalized spacial score (nSPS) is 12.2. The Morgan fingerprint density at radius 3 is 2.41 bits per heavy atom. The molecule has 2 amide bonds. The molecule has 0 aliphatic carbocycles. The summed E-state index contributed by atoms with van der Waals surface area (Å²) in [5, 5.41) is 5.41. The summed E-state index contributed by atoms with van der Waals surface area (Å²) < 4.78 is 25.7. The molecule has 7 nitrogen and oxygen atoms in total. The highest BCUT2D eigenvalue weighted by molar-refractivity contribution is 5.88. The standard InChI is InChI=1S/C24H32FN3O4/c1-15(2)11-19(28-23(30)32-24(4,5)6)14-31-21-8-7-17(12-20(21)25)18-9-10-26-22(13-18)27-16(3)29/h7-10,12-13,15,19H,11,14H2,1-6H3,(H,28,30)(H,26,27,29). The number of hydrogen-bond donors (Lipinski definition) is 2. The lowest BCUT2D eigenvalue weighted by Gasteiger charge is -2.24. The maximum atomic E-state index is 14.7. The molecular formula is C24H32FN3O4. The number of carbonyl (C=O) groups excluding carboxylic acids is 2. The second-order valence-electron chi connectivity index (χ2n) is 9.04. The van der Waals surface area contributed by atoms with Crippen molar-refractivity contribution in [3.8, 4) is 16.9 Å². The molecule has 0 saturated heterocycles. The van der Waals surface area contributed by atoms with E-state index >= 15 is 0 Å². The number of nitrogens with zero attached hydrogens (tertiary/aromatic N) is 1. The highest BCUT2D eigenvalue weighted by atomic mass is 19.1. The van der Waals surface area contributed by atoms with E-state index in [9.17, 15) is 14.0 Å². The molecule has 1 atom stereocenters. The number of aromatic nitrogens is 1. The second kappa shape index (κ2) is 10.9. The highest BCUT2D eigenvalue weighted by Gasteiger charge is 2.21. The number of rotatable bonds is 8. The monoisotopic (exact) mass is 445 g/mol. The number of amides is 2. The van der Waals surface area contributed by atoms with E-state index in [0.29, 0.717) is 29.3 Å². The van der Waals surface area contributed by atoms with E-state index in [1.54, 1.807) is 51.2 Å². The molecule has 174 valence electrons. The van der Waals surface area contributed by atoms with E-state index in [-0.39, 0.29) is 24.3 Å². The molecule has 1 aromatic carbocycles. The van der Waals surface area contributed by atoms with Crippen molar-refractivity contribution in [1.82, 2.24) is 10.3 Å². The minimum atomic E-state index is -0.609. The first-order valence-corrected chi connectivity index (χ1v) is 10.6. The summed E-state index contributed by atoms with van der Waals surface area (Å²) in [4.78, 5) is 27.4. The fourth-order valence-corrected chi connectivity index (χ4v) is 3.06. The molecule has 2 N–H and O–H groups in total. The minimum absolute atomic E-state index is 0.0876. The fourth-order valence-electron chi connectivity index (χ4n) is 3.06. The maximum Gasteiger partial charge on any atom is 0.407 e. The van der Waals surface area contributed by atoms with Crippen molar-refractivity contribution in [2.45, 2.75) is 59.6 Å². The van der Waals surface area contributed by atoms with Crippen LogP contribution < -0.4 is 15.4 Å².